The Kier molecular flexibility index (Phi) is 8.90. The highest BCUT2D eigenvalue weighted by Crippen LogP contribution is 2.21. The molecule has 8 heteroatoms. The van der Waals surface area contributed by atoms with Crippen molar-refractivity contribution in [3.05, 3.63) is 64.2 Å². The van der Waals surface area contributed by atoms with Gasteiger partial charge >= 0.3 is 5.97 Å². The van der Waals surface area contributed by atoms with Crippen molar-refractivity contribution in [2.75, 3.05) is 46.0 Å². The number of ether oxygens (including phenoxy) is 2. The van der Waals surface area contributed by atoms with Gasteiger partial charge in [0.25, 0.3) is 5.91 Å². The fourth-order valence-electron chi connectivity index (χ4n) is 3.61. The summed E-state index contributed by atoms with van der Waals surface area (Å²) in [4.78, 5) is 28.6. The van der Waals surface area contributed by atoms with E-state index in [9.17, 15) is 14.7 Å². The van der Waals surface area contributed by atoms with E-state index in [4.69, 9.17) is 21.1 Å². The number of aryl methyl sites for hydroxylation is 1. The van der Waals surface area contributed by atoms with Crippen LogP contribution in [0.4, 0.5) is 0 Å². The molecule has 2 aromatic rings. The number of morpholine rings is 1. The van der Waals surface area contributed by atoms with Gasteiger partial charge in [-0.05, 0) is 48.7 Å². The van der Waals surface area contributed by atoms with Crippen LogP contribution in [0.2, 0.25) is 5.02 Å². The fourth-order valence-corrected chi connectivity index (χ4v) is 3.83. The maximum atomic E-state index is 13.0. The molecule has 172 valence electrons. The number of hydrogen-bond acceptors (Lipinski definition) is 5. The summed E-state index contributed by atoms with van der Waals surface area (Å²) in [5.41, 5.74) is 1.83. The van der Waals surface area contributed by atoms with E-state index in [-0.39, 0.29) is 23.8 Å². The Hall–Kier alpha value is -2.61. The third-order valence-corrected chi connectivity index (χ3v) is 5.58. The van der Waals surface area contributed by atoms with Crippen LogP contribution in [-0.2, 0) is 16.1 Å². The van der Waals surface area contributed by atoms with Crippen molar-refractivity contribution in [2.45, 2.75) is 19.9 Å². The highest BCUT2D eigenvalue weighted by atomic mass is 35.5. The summed E-state index contributed by atoms with van der Waals surface area (Å²) in [5.74, 6) is -1.10. The van der Waals surface area contributed by atoms with E-state index in [1.54, 1.807) is 23.1 Å². The van der Waals surface area contributed by atoms with Crippen LogP contribution >= 0.6 is 11.6 Å². The van der Waals surface area contributed by atoms with Crippen LogP contribution in [0.3, 0.4) is 0 Å². The number of nitrogens with zero attached hydrogens (tertiary/aromatic N) is 2. The summed E-state index contributed by atoms with van der Waals surface area (Å²) in [7, 11) is 0. The van der Waals surface area contributed by atoms with Crippen molar-refractivity contribution < 1.29 is 24.2 Å². The first kappa shape index (κ1) is 24.0. The average Bonchev–Trinajstić information content (AvgIpc) is 2.77. The molecule has 1 amide bonds. The quantitative estimate of drug-likeness (QED) is 0.584. The van der Waals surface area contributed by atoms with Crippen molar-refractivity contribution in [1.82, 2.24) is 9.80 Å². The molecular formula is C24H29ClN2O5. The molecule has 1 saturated heterocycles. The number of halogens is 1. The first-order valence-corrected chi connectivity index (χ1v) is 11.1. The van der Waals surface area contributed by atoms with E-state index in [0.717, 1.165) is 50.4 Å². The van der Waals surface area contributed by atoms with E-state index in [0.29, 0.717) is 18.1 Å². The lowest BCUT2D eigenvalue weighted by Crippen LogP contribution is -2.40. The molecule has 1 fully saturated rings. The lowest BCUT2D eigenvalue weighted by atomic mass is 10.1. The lowest BCUT2D eigenvalue weighted by Gasteiger charge is -2.28. The van der Waals surface area contributed by atoms with Gasteiger partial charge in [-0.1, -0.05) is 29.8 Å². The smallest absolute Gasteiger partial charge is 0.339 e. The van der Waals surface area contributed by atoms with Gasteiger partial charge in [0.2, 0.25) is 0 Å². The Bertz CT molecular complexity index is 930. The van der Waals surface area contributed by atoms with E-state index < -0.39 is 5.97 Å². The first-order valence-electron chi connectivity index (χ1n) is 10.7. The van der Waals surface area contributed by atoms with Crippen LogP contribution in [0, 0.1) is 6.92 Å². The van der Waals surface area contributed by atoms with E-state index in [1.807, 2.05) is 25.1 Å². The summed E-state index contributed by atoms with van der Waals surface area (Å²) in [6.45, 7) is 6.73. The maximum Gasteiger partial charge on any atom is 0.339 e. The number of carboxylic acids is 1. The minimum atomic E-state index is -1.09. The molecule has 0 bridgehead atoms. The highest BCUT2D eigenvalue weighted by Gasteiger charge is 2.18. The van der Waals surface area contributed by atoms with Gasteiger partial charge in [-0.25, -0.2) is 4.79 Å². The fraction of sp³-hybridized carbons (Fsp3) is 0.417. The summed E-state index contributed by atoms with van der Waals surface area (Å²) >= 11 is 6.11. The normalized spacial score (nSPS) is 14.2. The van der Waals surface area contributed by atoms with Gasteiger partial charge in [0.05, 0.1) is 13.2 Å². The summed E-state index contributed by atoms with van der Waals surface area (Å²) in [6.07, 6.45) is 0.817. The topological polar surface area (TPSA) is 79.3 Å². The molecule has 0 saturated carbocycles. The number of hydrogen-bond donors (Lipinski definition) is 1. The van der Waals surface area contributed by atoms with E-state index >= 15 is 0 Å². The highest BCUT2D eigenvalue weighted by molar-refractivity contribution is 6.30. The van der Waals surface area contributed by atoms with Gasteiger partial charge in [-0.2, -0.15) is 0 Å². The Morgan fingerprint density at radius 2 is 1.97 bits per heavy atom. The second kappa shape index (κ2) is 11.9. The molecule has 0 spiro atoms. The zero-order chi connectivity index (χ0) is 22.9. The predicted molar refractivity (Wildman–Crippen MR) is 122 cm³/mol. The van der Waals surface area contributed by atoms with Crippen molar-refractivity contribution >= 4 is 23.5 Å². The molecule has 1 heterocycles. The summed E-state index contributed by atoms with van der Waals surface area (Å²) in [6, 6.07) is 12.3. The molecule has 0 aliphatic carbocycles. The zero-order valence-corrected chi connectivity index (χ0v) is 19.0. The standard InChI is InChI=1S/C24H29ClN2O5/c1-18-6-7-21(24(29)30)22(14-18)32-17-23(28)27(16-19-4-2-5-20(25)15-19)9-3-8-26-10-12-31-13-11-26/h2,4-7,14-15H,3,8-13,16-17H2,1H3,(H,29,30). The molecule has 3 rings (SSSR count). The molecular weight excluding hydrogens is 432 g/mol. The molecule has 32 heavy (non-hydrogen) atoms. The van der Waals surface area contributed by atoms with Crippen molar-refractivity contribution in [3.63, 3.8) is 0 Å². The summed E-state index contributed by atoms with van der Waals surface area (Å²) < 4.78 is 11.0. The summed E-state index contributed by atoms with van der Waals surface area (Å²) in [5, 5.41) is 10.0. The van der Waals surface area contributed by atoms with Gasteiger partial charge in [-0.15, -0.1) is 0 Å². The molecule has 1 aliphatic rings. The number of carbonyl (C=O) groups is 2. The minimum absolute atomic E-state index is 0.0390. The Labute approximate surface area is 193 Å². The van der Waals surface area contributed by atoms with Crippen LogP contribution < -0.4 is 4.74 Å². The first-order chi connectivity index (χ1) is 15.4. The Morgan fingerprint density at radius 3 is 2.69 bits per heavy atom. The van der Waals surface area contributed by atoms with Gasteiger partial charge < -0.3 is 19.5 Å². The molecule has 1 N–H and O–H groups in total. The number of aromatic carboxylic acids is 1. The molecule has 1 aliphatic heterocycles. The van der Waals surface area contributed by atoms with E-state index in [1.165, 1.54) is 6.07 Å². The molecule has 2 aromatic carbocycles. The number of carboxylic acid groups (broad SMARTS) is 1. The SMILES string of the molecule is Cc1ccc(C(=O)O)c(OCC(=O)N(CCCN2CCOCC2)Cc2cccc(Cl)c2)c1. The number of benzene rings is 2. The van der Waals surface area contributed by atoms with Crippen LogP contribution in [0.15, 0.2) is 42.5 Å². The molecule has 7 nitrogen and oxygen atoms in total. The van der Waals surface area contributed by atoms with Crippen LogP contribution in [0.1, 0.15) is 27.9 Å². The number of rotatable bonds is 10. The van der Waals surface area contributed by atoms with Gasteiger partial charge in [0, 0.05) is 37.7 Å². The van der Waals surface area contributed by atoms with E-state index in [2.05, 4.69) is 4.90 Å². The van der Waals surface area contributed by atoms with Gasteiger partial charge in [-0.3, -0.25) is 9.69 Å². The van der Waals surface area contributed by atoms with Gasteiger partial charge in [0.1, 0.15) is 11.3 Å². The lowest BCUT2D eigenvalue weighted by molar-refractivity contribution is -0.134. The zero-order valence-electron chi connectivity index (χ0n) is 18.3. The second-order valence-electron chi connectivity index (χ2n) is 7.85. The number of carbonyl (C=O) groups excluding carboxylic acids is 1. The number of amides is 1. The van der Waals surface area contributed by atoms with Crippen molar-refractivity contribution in [2.24, 2.45) is 0 Å². The van der Waals surface area contributed by atoms with Gasteiger partial charge in [0.15, 0.2) is 6.61 Å². The molecule has 0 atom stereocenters. The molecule has 0 unspecified atom stereocenters. The van der Waals surface area contributed by atoms with Crippen LogP contribution in [0.5, 0.6) is 5.75 Å². The van der Waals surface area contributed by atoms with Crippen molar-refractivity contribution in [3.8, 4) is 5.75 Å². The Balaban J connectivity index is 1.65. The minimum Gasteiger partial charge on any atom is -0.483 e. The maximum absolute atomic E-state index is 13.0. The monoisotopic (exact) mass is 460 g/mol. The third kappa shape index (κ3) is 7.22. The molecule has 0 radical (unpaired) electrons. The largest absolute Gasteiger partial charge is 0.483 e. The van der Waals surface area contributed by atoms with Crippen molar-refractivity contribution in [1.29, 1.82) is 0 Å². The average molecular weight is 461 g/mol. The van der Waals surface area contributed by atoms with Crippen LogP contribution in [-0.4, -0.2) is 72.8 Å². The van der Waals surface area contributed by atoms with Crippen LogP contribution in [0.25, 0.3) is 0 Å². The third-order valence-electron chi connectivity index (χ3n) is 5.34. The Morgan fingerprint density at radius 1 is 1.19 bits per heavy atom. The predicted octanol–water partition coefficient (Wildman–Crippen LogP) is 3.48. The molecule has 0 aromatic heterocycles. The second-order valence-corrected chi connectivity index (χ2v) is 8.28.